The number of fused-ring (bicyclic) bond motifs is 3. The molecular weight excluding hydrogens is 607 g/mol. The molecule has 2 aliphatic rings. The van der Waals surface area contributed by atoms with Crippen LogP contribution in [0.5, 0.6) is 0 Å². The third-order valence-electron chi connectivity index (χ3n) is 8.36. The number of halogens is 2. The quantitative estimate of drug-likeness (QED) is 0.303. The van der Waals surface area contributed by atoms with Crippen LogP contribution in [0.1, 0.15) is 71.1 Å². The van der Waals surface area contributed by atoms with Crippen molar-refractivity contribution in [3.05, 3.63) is 151 Å². The zero-order chi connectivity index (χ0) is 26.2. The van der Waals surface area contributed by atoms with Crippen LogP contribution in [0, 0.1) is 0 Å². The summed E-state index contributed by atoms with van der Waals surface area (Å²) in [6.45, 7) is 9.27. The minimum absolute atomic E-state index is 0. The van der Waals surface area contributed by atoms with Crippen LogP contribution in [0.15, 0.2) is 118 Å². The molecule has 0 unspecified atom stereocenters. The van der Waals surface area contributed by atoms with Gasteiger partial charge in [-0.25, -0.2) is 0 Å². The summed E-state index contributed by atoms with van der Waals surface area (Å²) in [5.74, 6) is 0. The maximum atomic E-state index is 2.56. The number of aryl methyl sites for hydroxylation is 2. The molecule has 6 rings (SSSR count). The first-order valence-corrected chi connectivity index (χ1v) is 17.9. The summed E-state index contributed by atoms with van der Waals surface area (Å²) in [5, 5.41) is 0. The van der Waals surface area contributed by atoms with Gasteiger partial charge < -0.3 is 24.8 Å². The van der Waals surface area contributed by atoms with E-state index in [0.717, 1.165) is 19.3 Å². The monoisotopic (exact) mass is 640 g/mol. The maximum Gasteiger partial charge on any atom is -1.00 e. The van der Waals surface area contributed by atoms with E-state index in [2.05, 4.69) is 131 Å². The molecule has 0 amide bonds. The summed E-state index contributed by atoms with van der Waals surface area (Å²) in [6.07, 6.45) is 5.74. The van der Waals surface area contributed by atoms with Crippen molar-refractivity contribution >= 4 is 3.21 Å². The van der Waals surface area contributed by atoms with Crippen molar-refractivity contribution in [2.75, 3.05) is 0 Å². The predicted molar refractivity (Wildman–Crippen MR) is 160 cm³/mol. The molecule has 0 aromatic heterocycles. The molecule has 4 aromatic rings. The van der Waals surface area contributed by atoms with Crippen molar-refractivity contribution in [2.24, 2.45) is 0 Å². The Morgan fingerprint density at radius 1 is 0.675 bits per heavy atom. The van der Waals surface area contributed by atoms with Gasteiger partial charge in [0, 0.05) is 0 Å². The van der Waals surface area contributed by atoms with Crippen LogP contribution in [0.3, 0.4) is 0 Å². The second kappa shape index (κ2) is 13.1. The number of allylic oxidation sites excluding steroid dienone is 4. The van der Waals surface area contributed by atoms with Gasteiger partial charge >= 0.3 is 237 Å². The van der Waals surface area contributed by atoms with Crippen LogP contribution < -0.4 is 24.8 Å². The SMILES string of the molecule is CCc1ccc2c(c1)[CH]([Zr+2]([C]1=C(C)C=C(C)C1)=[C](c1ccccc1)c1ccccc1)c1cc(CC)ccc1-2.[Cl-].[Cl-]. The number of benzene rings is 4. The minimum atomic E-state index is -2.65. The fourth-order valence-corrected chi connectivity index (χ4v) is 16.2. The van der Waals surface area contributed by atoms with Crippen LogP contribution in [0.4, 0.5) is 0 Å². The van der Waals surface area contributed by atoms with E-state index in [-0.39, 0.29) is 24.8 Å². The third kappa shape index (κ3) is 5.59. The Kier molecular flexibility index (Phi) is 10.1. The van der Waals surface area contributed by atoms with E-state index in [4.69, 9.17) is 0 Å². The third-order valence-corrected chi connectivity index (χ3v) is 17.1. The van der Waals surface area contributed by atoms with Crippen LogP contribution >= 0.6 is 0 Å². The molecule has 0 heterocycles. The molecule has 0 atom stereocenters. The molecule has 0 spiro atoms. The molecule has 0 aliphatic heterocycles. The molecule has 0 nitrogen and oxygen atoms in total. The van der Waals surface area contributed by atoms with Gasteiger partial charge in [0.1, 0.15) is 0 Å². The van der Waals surface area contributed by atoms with E-state index in [9.17, 15) is 0 Å². The minimum Gasteiger partial charge on any atom is -1.00 e. The van der Waals surface area contributed by atoms with Crippen LogP contribution in [-0.4, -0.2) is 3.21 Å². The second-order valence-electron chi connectivity index (χ2n) is 10.8. The Morgan fingerprint density at radius 3 is 1.55 bits per heavy atom. The number of hydrogen-bond acceptors (Lipinski definition) is 0. The van der Waals surface area contributed by atoms with E-state index < -0.39 is 21.3 Å². The molecule has 40 heavy (non-hydrogen) atoms. The first-order valence-electron chi connectivity index (χ1n) is 14.1. The van der Waals surface area contributed by atoms with Gasteiger partial charge in [0.05, 0.1) is 0 Å². The first kappa shape index (κ1) is 30.6. The van der Waals surface area contributed by atoms with Gasteiger partial charge in [-0.3, -0.25) is 0 Å². The smallest absolute Gasteiger partial charge is 1.00 e. The predicted octanol–water partition coefficient (Wildman–Crippen LogP) is 3.40. The molecule has 2 aliphatic carbocycles. The molecule has 3 heteroatoms. The van der Waals surface area contributed by atoms with Crippen molar-refractivity contribution in [1.82, 2.24) is 0 Å². The molecule has 0 saturated carbocycles. The zero-order valence-electron chi connectivity index (χ0n) is 23.8. The Bertz CT molecular complexity index is 1520. The van der Waals surface area contributed by atoms with E-state index in [1.807, 2.05) is 0 Å². The van der Waals surface area contributed by atoms with Gasteiger partial charge in [-0.15, -0.1) is 0 Å². The van der Waals surface area contributed by atoms with Crippen molar-refractivity contribution in [1.29, 1.82) is 0 Å². The summed E-state index contributed by atoms with van der Waals surface area (Å²) < 4.78 is 3.87. The summed E-state index contributed by atoms with van der Waals surface area (Å²) in [6, 6.07) is 37.3. The first-order chi connectivity index (χ1) is 18.6. The maximum absolute atomic E-state index is 2.65. The fraction of sp³-hybridized carbons (Fsp3) is 0.216. The van der Waals surface area contributed by atoms with Gasteiger partial charge in [0.25, 0.3) is 0 Å². The van der Waals surface area contributed by atoms with Crippen LogP contribution in [0.25, 0.3) is 11.1 Å². The summed E-state index contributed by atoms with van der Waals surface area (Å²) in [5.41, 5.74) is 14.8. The Morgan fingerprint density at radius 2 is 1.15 bits per heavy atom. The van der Waals surface area contributed by atoms with E-state index >= 15 is 0 Å². The van der Waals surface area contributed by atoms with Gasteiger partial charge in [-0.2, -0.15) is 0 Å². The normalized spacial score (nSPS) is 13.4. The molecule has 0 saturated heterocycles. The standard InChI is InChI=1S/C17H17.C13H10.C7H9.2ClH.Zr/c1-3-12-5-7-16-14(9-12)11-15-10-13(4-2)6-8-17(15)16;1-3-7-12(8-4-1)11-13-9-5-2-6-10-13;1-6-3-4-7(2)5-6;;;/h5-11H,3-4H2,1-2H3;1-10H;5H,3H2,1-2H3;2*1H;/q;;;;;+2/p-2. The van der Waals surface area contributed by atoms with Gasteiger partial charge in [-0.05, 0) is 0 Å². The topological polar surface area (TPSA) is 0 Å². The van der Waals surface area contributed by atoms with Crippen molar-refractivity contribution in [3.8, 4) is 11.1 Å². The Balaban J connectivity index is 0.00000185. The molecule has 0 fully saturated rings. The van der Waals surface area contributed by atoms with Crippen LogP contribution in [0.2, 0.25) is 0 Å². The van der Waals surface area contributed by atoms with Crippen molar-refractivity contribution < 1.29 is 46.1 Å². The second-order valence-corrected chi connectivity index (χ2v) is 17.0. The van der Waals surface area contributed by atoms with Gasteiger partial charge in [0.15, 0.2) is 0 Å². The largest absolute Gasteiger partial charge is 1.00 e. The molecule has 0 bridgehead atoms. The number of hydrogen-bond donors (Lipinski definition) is 0. The molecular formula is C37H36Cl2Zr. The molecule has 0 N–H and O–H groups in total. The molecule has 0 radical (unpaired) electrons. The number of rotatable bonds is 6. The fourth-order valence-electron chi connectivity index (χ4n) is 6.50. The Hall–Kier alpha value is -2.31. The molecule has 4 aromatic carbocycles. The summed E-state index contributed by atoms with van der Waals surface area (Å²) in [7, 11) is 0. The van der Waals surface area contributed by atoms with E-state index in [1.165, 1.54) is 44.5 Å². The Labute approximate surface area is 260 Å². The average Bonchev–Trinajstić information content (AvgIpc) is 3.47. The van der Waals surface area contributed by atoms with E-state index in [1.54, 1.807) is 17.6 Å². The average molecular weight is 643 g/mol. The van der Waals surface area contributed by atoms with Gasteiger partial charge in [-0.1, -0.05) is 0 Å². The van der Waals surface area contributed by atoms with Gasteiger partial charge in [0.2, 0.25) is 0 Å². The van der Waals surface area contributed by atoms with Crippen molar-refractivity contribution in [2.45, 2.75) is 50.6 Å². The van der Waals surface area contributed by atoms with Crippen molar-refractivity contribution in [3.63, 3.8) is 0 Å². The zero-order valence-corrected chi connectivity index (χ0v) is 27.7. The summed E-state index contributed by atoms with van der Waals surface area (Å²) in [4.78, 5) is 0. The molecule has 202 valence electrons. The summed E-state index contributed by atoms with van der Waals surface area (Å²) >= 11 is -2.65. The van der Waals surface area contributed by atoms with E-state index in [0.29, 0.717) is 3.63 Å². The van der Waals surface area contributed by atoms with Crippen LogP contribution in [-0.2, 0) is 34.1 Å².